The van der Waals surface area contributed by atoms with Crippen molar-refractivity contribution in [1.82, 2.24) is 0 Å². The van der Waals surface area contributed by atoms with Crippen LogP contribution in [0.2, 0.25) is 0 Å². The van der Waals surface area contributed by atoms with E-state index >= 15 is 0 Å². The average molecular weight is 214 g/mol. The summed E-state index contributed by atoms with van der Waals surface area (Å²) in [6, 6.07) is 0. The Morgan fingerprint density at radius 2 is 1.67 bits per heavy atom. The second-order valence-corrected chi connectivity index (χ2v) is 5.54. The minimum Gasteiger partial charge on any atom is -0.430 e. The lowest BCUT2D eigenvalue weighted by molar-refractivity contribution is -0.00248. The van der Waals surface area contributed by atoms with Gasteiger partial charge in [0.1, 0.15) is 12.2 Å². The quantitative estimate of drug-likeness (QED) is 0.521. The van der Waals surface area contributed by atoms with Crippen molar-refractivity contribution in [3.63, 3.8) is 0 Å². The van der Waals surface area contributed by atoms with E-state index < -0.39 is 11.8 Å². The Hall–Kier alpha value is -0.990. The first-order chi connectivity index (χ1) is 6.60. The Bertz CT molecular complexity index is 228. The zero-order chi connectivity index (χ0) is 12.1. The molecule has 15 heavy (non-hydrogen) atoms. The molecular weight excluding hydrogens is 192 g/mol. The van der Waals surface area contributed by atoms with Crippen molar-refractivity contribution in [2.45, 2.75) is 47.1 Å². The molecule has 0 bridgehead atoms. The molecule has 0 N–H and O–H groups in total. The number of hydrogen-bond acceptors (Lipinski definition) is 3. The molecule has 3 heteroatoms. The summed E-state index contributed by atoms with van der Waals surface area (Å²) in [5.74, 6) is 0. The molecule has 0 saturated carbocycles. The molecule has 0 aliphatic rings. The van der Waals surface area contributed by atoms with Crippen LogP contribution in [0.4, 0.5) is 4.79 Å². The normalized spacial score (nSPS) is 12.9. The van der Waals surface area contributed by atoms with Crippen molar-refractivity contribution in [3.05, 3.63) is 12.2 Å². The van der Waals surface area contributed by atoms with Crippen LogP contribution in [-0.2, 0) is 9.47 Å². The van der Waals surface area contributed by atoms with Crippen molar-refractivity contribution < 1.29 is 14.3 Å². The third kappa shape index (κ3) is 10.9. The van der Waals surface area contributed by atoms with Gasteiger partial charge in [0, 0.05) is 0 Å². The molecule has 0 spiro atoms. The average Bonchev–Trinajstić information content (AvgIpc) is 1.92. The van der Waals surface area contributed by atoms with Gasteiger partial charge in [-0.05, 0) is 26.2 Å². The standard InChI is InChI=1S/C12H22O3/c1-11(2,3)8-7-9-14-10(13)15-12(4,5)6/h7-8H,9H2,1-6H3/b8-7-. The van der Waals surface area contributed by atoms with Crippen molar-refractivity contribution in [1.29, 1.82) is 0 Å². The van der Waals surface area contributed by atoms with E-state index in [1.165, 1.54) is 0 Å². The Kier molecular flexibility index (Phi) is 4.85. The van der Waals surface area contributed by atoms with Crippen LogP contribution in [0.25, 0.3) is 0 Å². The van der Waals surface area contributed by atoms with Crippen LogP contribution in [0.3, 0.4) is 0 Å². The van der Waals surface area contributed by atoms with E-state index in [0.717, 1.165) is 0 Å². The molecule has 0 aromatic rings. The number of hydrogen-bond donors (Lipinski definition) is 0. The van der Waals surface area contributed by atoms with Gasteiger partial charge in [-0.25, -0.2) is 4.79 Å². The first-order valence-corrected chi connectivity index (χ1v) is 5.14. The summed E-state index contributed by atoms with van der Waals surface area (Å²) < 4.78 is 9.84. The number of ether oxygens (including phenoxy) is 2. The molecule has 0 fully saturated rings. The van der Waals surface area contributed by atoms with E-state index in [1.54, 1.807) is 20.8 Å². The molecule has 0 amide bonds. The predicted octanol–water partition coefficient (Wildman–Crippen LogP) is 3.54. The number of carbonyl (C=O) groups is 1. The Morgan fingerprint density at radius 3 is 2.07 bits per heavy atom. The highest BCUT2D eigenvalue weighted by molar-refractivity contribution is 5.60. The highest BCUT2D eigenvalue weighted by Crippen LogP contribution is 2.14. The van der Waals surface area contributed by atoms with Gasteiger partial charge in [0.15, 0.2) is 0 Å². The van der Waals surface area contributed by atoms with Crippen LogP contribution in [-0.4, -0.2) is 18.4 Å². The molecule has 0 rings (SSSR count). The van der Waals surface area contributed by atoms with Gasteiger partial charge in [0.2, 0.25) is 0 Å². The van der Waals surface area contributed by atoms with Gasteiger partial charge in [0.25, 0.3) is 0 Å². The topological polar surface area (TPSA) is 35.5 Å². The minimum atomic E-state index is -0.624. The van der Waals surface area contributed by atoms with Gasteiger partial charge in [-0.2, -0.15) is 0 Å². The van der Waals surface area contributed by atoms with Gasteiger partial charge in [-0.3, -0.25) is 0 Å². The molecule has 0 unspecified atom stereocenters. The highest BCUT2D eigenvalue weighted by Gasteiger charge is 2.16. The maximum Gasteiger partial charge on any atom is 0.509 e. The lowest BCUT2D eigenvalue weighted by atomic mass is 9.96. The van der Waals surface area contributed by atoms with Crippen LogP contribution in [0.1, 0.15) is 41.5 Å². The van der Waals surface area contributed by atoms with Gasteiger partial charge in [0.05, 0.1) is 0 Å². The fraction of sp³-hybridized carbons (Fsp3) is 0.750. The largest absolute Gasteiger partial charge is 0.509 e. The molecule has 88 valence electrons. The first kappa shape index (κ1) is 14.0. The number of allylic oxidation sites excluding steroid dienone is 1. The first-order valence-electron chi connectivity index (χ1n) is 5.14. The number of carbonyl (C=O) groups excluding carboxylic acids is 1. The van der Waals surface area contributed by atoms with Gasteiger partial charge in [-0.15, -0.1) is 0 Å². The van der Waals surface area contributed by atoms with Gasteiger partial charge in [-0.1, -0.05) is 32.9 Å². The maximum atomic E-state index is 11.1. The molecule has 0 atom stereocenters. The molecule has 0 aliphatic heterocycles. The Balaban J connectivity index is 3.79. The summed E-state index contributed by atoms with van der Waals surface area (Å²) in [6.07, 6.45) is 3.20. The molecule has 0 aliphatic carbocycles. The summed E-state index contributed by atoms with van der Waals surface area (Å²) in [4.78, 5) is 11.1. The predicted molar refractivity (Wildman–Crippen MR) is 60.8 cm³/mol. The van der Waals surface area contributed by atoms with Crippen LogP contribution < -0.4 is 0 Å². The summed E-state index contributed by atoms with van der Waals surface area (Å²) in [6.45, 7) is 11.9. The van der Waals surface area contributed by atoms with Gasteiger partial charge < -0.3 is 9.47 Å². The van der Waals surface area contributed by atoms with E-state index in [9.17, 15) is 4.79 Å². The van der Waals surface area contributed by atoms with Crippen molar-refractivity contribution >= 4 is 6.16 Å². The van der Waals surface area contributed by atoms with Crippen LogP contribution in [0.15, 0.2) is 12.2 Å². The fourth-order valence-corrected chi connectivity index (χ4v) is 0.797. The molecule has 0 heterocycles. The SMILES string of the molecule is CC(C)(C)/C=C\COC(=O)OC(C)(C)C. The molecular formula is C12H22O3. The van der Waals surface area contributed by atoms with Crippen molar-refractivity contribution in [2.24, 2.45) is 5.41 Å². The maximum absolute atomic E-state index is 11.1. The van der Waals surface area contributed by atoms with Gasteiger partial charge >= 0.3 is 6.16 Å². The molecule has 0 aromatic heterocycles. The zero-order valence-electron chi connectivity index (χ0n) is 10.6. The molecule has 0 radical (unpaired) electrons. The van der Waals surface area contributed by atoms with E-state index in [1.807, 2.05) is 12.2 Å². The second-order valence-electron chi connectivity index (χ2n) is 5.54. The van der Waals surface area contributed by atoms with Crippen molar-refractivity contribution in [2.75, 3.05) is 6.61 Å². The smallest absolute Gasteiger partial charge is 0.430 e. The third-order valence-electron chi connectivity index (χ3n) is 1.30. The highest BCUT2D eigenvalue weighted by atomic mass is 16.7. The summed E-state index contributed by atoms with van der Waals surface area (Å²) in [5.41, 5.74) is -0.387. The minimum absolute atomic E-state index is 0.108. The monoisotopic (exact) mass is 214 g/mol. The Morgan fingerprint density at radius 1 is 1.13 bits per heavy atom. The number of rotatable bonds is 2. The van der Waals surface area contributed by atoms with Crippen LogP contribution in [0.5, 0.6) is 0 Å². The molecule has 0 aromatic carbocycles. The lowest BCUT2D eigenvalue weighted by Gasteiger charge is -2.18. The summed E-state index contributed by atoms with van der Waals surface area (Å²) in [5, 5.41) is 0. The summed E-state index contributed by atoms with van der Waals surface area (Å²) in [7, 11) is 0. The Labute approximate surface area is 92.5 Å². The second kappa shape index (κ2) is 5.19. The third-order valence-corrected chi connectivity index (χ3v) is 1.30. The summed E-state index contributed by atoms with van der Waals surface area (Å²) >= 11 is 0. The zero-order valence-corrected chi connectivity index (χ0v) is 10.6. The van der Waals surface area contributed by atoms with Crippen LogP contribution >= 0.6 is 0 Å². The fourth-order valence-electron chi connectivity index (χ4n) is 0.797. The van der Waals surface area contributed by atoms with Crippen LogP contribution in [0, 0.1) is 5.41 Å². The molecule has 0 saturated heterocycles. The van der Waals surface area contributed by atoms with E-state index in [4.69, 9.17) is 9.47 Å². The molecule has 3 nitrogen and oxygen atoms in total. The van der Waals surface area contributed by atoms with E-state index in [2.05, 4.69) is 20.8 Å². The van der Waals surface area contributed by atoms with E-state index in [0.29, 0.717) is 0 Å². The lowest BCUT2D eigenvalue weighted by Crippen LogP contribution is -2.24. The van der Waals surface area contributed by atoms with Crippen molar-refractivity contribution in [3.8, 4) is 0 Å². The van der Waals surface area contributed by atoms with E-state index in [-0.39, 0.29) is 12.0 Å².